The molecule has 4 heteroatoms. The zero-order chi connectivity index (χ0) is 11.4. The second kappa shape index (κ2) is 4.92. The average Bonchev–Trinajstić information content (AvgIpc) is 2.80. The van der Waals surface area contributed by atoms with Crippen LogP contribution in [-0.4, -0.2) is 4.98 Å². The minimum absolute atomic E-state index is 0.0271. The summed E-state index contributed by atoms with van der Waals surface area (Å²) < 4.78 is 5.30. The van der Waals surface area contributed by atoms with Gasteiger partial charge in [0.1, 0.15) is 5.76 Å². The van der Waals surface area contributed by atoms with E-state index in [1.807, 2.05) is 37.4 Å². The first-order valence-electron chi connectivity index (χ1n) is 5.20. The number of nitrogens with zero attached hydrogens (tertiary/aromatic N) is 1. The average molecular weight is 217 g/mol. The Bertz CT molecular complexity index is 422. The molecule has 2 aromatic heterocycles. The fourth-order valence-corrected chi connectivity index (χ4v) is 1.59. The molecule has 1 atom stereocenters. The van der Waals surface area contributed by atoms with Crippen LogP contribution in [0.15, 0.2) is 41.1 Å². The van der Waals surface area contributed by atoms with Crippen molar-refractivity contribution in [2.24, 2.45) is 5.84 Å². The van der Waals surface area contributed by atoms with E-state index in [1.54, 1.807) is 6.26 Å². The van der Waals surface area contributed by atoms with E-state index in [0.29, 0.717) is 6.42 Å². The van der Waals surface area contributed by atoms with E-state index < -0.39 is 0 Å². The van der Waals surface area contributed by atoms with Crippen LogP contribution < -0.4 is 11.3 Å². The monoisotopic (exact) mass is 217 g/mol. The lowest BCUT2D eigenvalue weighted by molar-refractivity contribution is 0.454. The predicted molar refractivity (Wildman–Crippen MR) is 61.5 cm³/mol. The molecule has 0 saturated carbocycles. The van der Waals surface area contributed by atoms with Gasteiger partial charge in [-0.2, -0.15) is 0 Å². The highest BCUT2D eigenvalue weighted by Crippen LogP contribution is 2.17. The SMILES string of the molecule is Cc1ccc(C(Cc2ccco2)NN)cn1. The molecular formula is C12H15N3O. The number of hydrazine groups is 1. The summed E-state index contributed by atoms with van der Waals surface area (Å²) in [4.78, 5) is 4.25. The van der Waals surface area contributed by atoms with Crippen LogP contribution in [0.25, 0.3) is 0 Å². The van der Waals surface area contributed by atoms with E-state index in [2.05, 4.69) is 10.4 Å². The van der Waals surface area contributed by atoms with Crippen LogP contribution in [0, 0.1) is 6.92 Å². The third-order valence-corrected chi connectivity index (χ3v) is 2.52. The van der Waals surface area contributed by atoms with Crippen molar-refractivity contribution in [3.8, 4) is 0 Å². The third-order valence-electron chi connectivity index (χ3n) is 2.52. The molecule has 0 bridgehead atoms. The summed E-state index contributed by atoms with van der Waals surface area (Å²) in [5.41, 5.74) is 4.83. The molecule has 3 N–H and O–H groups in total. The summed E-state index contributed by atoms with van der Waals surface area (Å²) in [5.74, 6) is 6.45. The molecule has 1 unspecified atom stereocenters. The quantitative estimate of drug-likeness (QED) is 0.604. The molecule has 0 radical (unpaired) electrons. The lowest BCUT2D eigenvalue weighted by atomic mass is 10.1. The van der Waals surface area contributed by atoms with Crippen molar-refractivity contribution in [2.45, 2.75) is 19.4 Å². The molecule has 2 heterocycles. The topological polar surface area (TPSA) is 64.1 Å². The predicted octanol–water partition coefficient (Wildman–Crippen LogP) is 1.73. The number of pyridine rings is 1. The second-order valence-corrected chi connectivity index (χ2v) is 3.74. The van der Waals surface area contributed by atoms with E-state index in [4.69, 9.17) is 10.3 Å². The van der Waals surface area contributed by atoms with Crippen LogP contribution in [-0.2, 0) is 6.42 Å². The highest BCUT2D eigenvalue weighted by Gasteiger charge is 2.12. The Morgan fingerprint density at radius 1 is 1.44 bits per heavy atom. The van der Waals surface area contributed by atoms with Crippen LogP contribution >= 0.6 is 0 Å². The van der Waals surface area contributed by atoms with Crippen molar-refractivity contribution in [1.29, 1.82) is 0 Å². The van der Waals surface area contributed by atoms with Crippen molar-refractivity contribution in [2.75, 3.05) is 0 Å². The van der Waals surface area contributed by atoms with Crippen molar-refractivity contribution in [3.63, 3.8) is 0 Å². The molecule has 0 fully saturated rings. The van der Waals surface area contributed by atoms with E-state index in [9.17, 15) is 0 Å². The fraction of sp³-hybridized carbons (Fsp3) is 0.250. The van der Waals surface area contributed by atoms with Gasteiger partial charge in [0.15, 0.2) is 0 Å². The van der Waals surface area contributed by atoms with Gasteiger partial charge >= 0.3 is 0 Å². The highest BCUT2D eigenvalue weighted by molar-refractivity contribution is 5.19. The summed E-state index contributed by atoms with van der Waals surface area (Å²) in [7, 11) is 0. The number of rotatable bonds is 4. The lowest BCUT2D eigenvalue weighted by Crippen LogP contribution is -2.29. The lowest BCUT2D eigenvalue weighted by Gasteiger charge is -2.14. The number of hydrogen-bond acceptors (Lipinski definition) is 4. The number of aromatic nitrogens is 1. The molecule has 0 aliphatic heterocycles. The molecule has 0 aromatic carbocycles. The molecule has 2 aromatic rings. The first-order valence-corrected chi connectivity index (χ1v) is 5.20. The summed E-state index contributed by atoms with van der Waals surface area (Å²) in [6.07, 6.45) is 4.22. The Labute approximate surface area is 94.5 Å². The first-order chi connectivity index (χ1) is 7.79. The minimum atomic E-state index is 0.0271. The summed E-state index contributed by atoms with van der Waals surface area (Å²) in [6, 6.07) is 7.83. The molecule has 0 aliphatic rings. The summed E-state index contributed by atoms with van der Waals surface area (Å²) in [6.45, 7) is 1.96. The molecule has 16 heavy (non-hydrogen) atoms. The van der Waals surface area contributed by atoms with Gasteiger partial charge in [-0.1, -0.05) is 6.07 Å². The van der Waals surface area contributed by atoms with Crippen molar-refractivity contribution >= 4 is 0 Å². The standard InChI is InChI=1S/C12H15N3O/c1-9-4-5-10(8-14-9)12(15-13)7-11-3-2-6-16-11/h2-6,8,12,15H,7,13H2,1H3. The third kappa shape index (κ3) is 2.48. The number of nitrogens with one attached hydrogen (secondary N) is 1. The summed E-state index contributed by atoms with van der Waals surface area (Å²) >= 11 is 0. The van der Waals surface area contributed by atoms with E-state index in [0.717, 1.165) is 17.0 Å². The van der Waals surface area contributed by atoms with Crippen molar-refractivity contribution in [3.05, 3.63) is 53.7 Å². The molecule has 84 valence electrons. The largest absolute Gasteiger partial charge is 0.469 e. The Morgan fingerprint density at radius 2 is 2.31 bits per heavy atom. The van der Waals surface area contributed by atoms with Gasteiger partial charge in [-0.15, -0.1) is 0 Å². The maximum absolute atomic E-state index is 5.54. The fourth-order valence-electron chi connectivity index (χ4n) is 1.59. The maximum Gasteiger partial charge on any atom is 0.105 e. The van der Waals surface area contributed by atoms with Crippen molar-refractivity contribution in [1.82, 2.24) is 10.4 Å². The minimum Gasteiger partial charge on any atom is -0.469 e. The zero-order valence-corrected chi connectivity index (χ0v) is 9.18. The van der Waals surface area contributed by atoms with Gasteiger partial charge in [-0.25, -0.2) is 0 Å². The number of aryl methyl sites for hydroxylation is 1. The van der Waals surface area contributed by atoms with Crippen molar-refractivity contribution < 1.29 is 4.42 Å². The molecule has 0 aliphatic carbocycles. The van der Waals surface area contributed by atoms with Crippen LogP contribution in [0.5, 0.6) is 0 Å². The van der Waals surface area contributed by atoms with Crippen LogP contribution in [0.4, 0.5) is 0 Å². The van der Waals surface area contributed by atoms with Gasteiger partial charge in [0, 0.05) is 18.3 Å². The van der Waals surface area contributed by atoms with E-state index in [1.165, 1.54) is 0 Å². The number of nitrogens with two attached hydrogens (primary N) is 1. The maximum atomic E-state index is 5.54. The van der Waals surface area contributed by atoms with Crippen LogP contribution in [0.1, 0.15) is 23.1 Å². The Morgan fingerprint density at radius 3 is 2.88 bits per heavy atom. The molecule has 0 amide bonds. The van der Waals surface area contributed by atoms with Gasteiger partial charge in [-0.3, -0.25) is 16.3 Å². The van der Waals surface area contributed by atoms with Gasteiger partial charge in [0.2, 0.25) is 0 Å². The van der Waals surface area contributed by atoms with Gasteiger partial charge in [-0.05, 0) is 30.7 Å². The van der Waals surface area contributed by atoms with Crippen LogP contribution in [0.2, 0.25) is 0 Å². The Kier molecular flexibility index (Phi) is 3.34. The molecule has 4 nitrogen and oxygen atoms in total. The second-order valence-electron chi connectivity index (χ2n) is 3.74. The number of hydrogen-bond donors (Lipinski definition) is 2. The molecular weight excluding hydrogens is 202 g/mol. The first kappa shape index (κ1) is 10.9. The zero-order valence-electron chi connectivity index (χ0n) is 9.18. The Hall–Kier alpha value is -1.65. The molecule has 0 saturated heterocycles. The molecule has 0 spiro atoms. The highest BCUT2D eigenvalue weighted by atomic mass is 16.3. The van der Waals surface area contributed by atoms with Gasteiger partial charge in [0.25, 0.3) is 0 Å². The van der Waals surface area contributed by atoms with E-state index >= 15 is 0 Å². The smallest absolute Gasteiger partial charge is 0.105 e. The summed E-state index contributed by atoms with van der Waals surface area (Å²) in [5, 5.41) is 0. The number of furan rings is 1. The Balaban J connectivity index is 2.13. The van der Waals surface area contributed by atoms with Gasteiger partial charge < -0.3 is 4.42 Å². The molecule has 2 rings (SSSR count). The van der Waals surface area contributed by atoms with Crippen LogP contribution in [0.3, 0.4) is 0 Å². The normalized spacial score (nSPS) is 12.6. The van der Waals surface area contributed by atoms with Gasteiger partial charge in [0.05, 0.1) is 12.3 Å². The van der Waals surface area contributed by atoms with E-state index in [-0.39, 0.29) is 6.04 Å².